The van der Waals surface area contributed by atoms with E-state index in [-0.39, 0.29) is 0 Å². The Morgan fingerprint density at radius 3 is 2.72 bits per heavy atom. The first-order valence-corrected chi connectivity index (χ1v) is 7.00. The molecule has 18 heavy (non-hydrogen) atoms. The van der Waals surface area contributed by atoms with Crippen molar-refractivity contribution >= 4 is 15.9 Å². The Hall–Kier alpha value is -1.36. The van der Waals surface area contributed by atoms with Gasteiger partial charge in [-0.25, -0.2) is 0 Å². The average molecular weight is 310 g/mol. The Bertz CT molecular complexity index is 507. The minimum Gasteiger partial charge on any atom is -0.486 e. The summed E-state index contributed by atoms with van der Waals surface area (Å²) in [6.07, 6.45) is 2.68. The van der Waals surface area contributed by atoms with Crippen LogP contribution in [0.25, 0.3) is 0 Å². The van der Waals surface area contributed by atoms with Gasteiger partial charge in [0, 0.05) is 12.4 Å². The molecule has 0 spiro atoms. The zero-order valence-electron chi connectivity index (χ0n) is 10.6. The normalized spacial score (nSPS) is 10.6. The van der Waals surface area contributed by atoms with Gasteiger partial charge in [0.15, 0.2) is 0 Å². The molecule has 2 rings (SSSR count). The van der Waals surface area contributed by atoms with Crippen LogP contribution in [0.4, 0.5) is 0 Å². The van der Waals surface area contributed by atoms with Crippen LogP contribution in [0.2, 0.25) is 0 Å². The maximum atomic E-state index is 5.69. The van der Waals surface area contributed by atoms with Crippen LogP contribution < -0.4 is 4.74 Å². The molecule has 0 aliphatic rings. The van der Waals surface area contributed by atoms with Crippen LogP contribution in [0.3, 0.4) is 0 Å². The molecule has 0 N–H and O–H groups in total. The fourth-order valence-corrected chi connectivity index (χ4v) is 1.94. The molecule has 0 saturated heterocycles. The number of pyridine rings is 1. The van der Waals surface area contributed by atoms with Crippen molar-refractivity contribution in [1.82, 2.24) is 14.8 Å². The highest BCUT2D eigenvalue weighted by Gasteiger charge is 2.04. The standard InChI is InChI=1S/C13H16BrN3O/c1-3-10-6-12(17(2)16-10)9-18-13-5-4-11(7-14)15-8-13/h4-6,8H,3,7,9H2,1-2H3. The average Bonchev–Trinajstić information content (AvgIpc) is 2.77. The van der Waals surface area contributed by atoms with Crippen molar-refractivity contribution in [1.29, 1.82) is 0 Å². The van der Waals surface area contributed by atoms with Gasteiger partial charge in [-0.2, -0.15) is 5.10 Å². The Kier molecular flexibility index (Phi) is 4.36. The smallest absolute Gasteiger partial charge is 0.138 e. The summed E-state index contributed by atoms with van der Waals surface area (Å²) in [4.78, 5) is 4.26. The number of hydrogen-bond acceptors (Lipinski definition) is 3. The number of ether oxygens (including phenoxy) is 1. The molecule has 2 aromatic rings. The van der Waals surface area contributed by atoms with Crippen LogP contribution in [-0.4, -0.2) is 14.8 Å². The van der Waals surface area contributed by atoms with Gasteiger partial charge in [-0.05, 0) is 24.6 Å². The zero-order chi connectivity index (χ0) is 13.0. The predicted molar refractivity (Wildman–Crippen MR) is 73.8 cm³/mol. The molecule has 4 nitrogen and oxygen atoms in total. The molecule has 0 aliphatic heterocycles. The number of hydrogen-bond donors (Lipinski definition) is 0. The molecule has 0 fully saturated rings. The van der Waals surface area contributed by atoms with E-state index >= 15 is 0 Å². The first-order chi connectivity index (χ1) is 8.72. The lowest BCUT2D eigenvalue weighted by molar-refractivity contribution is 0.293. The summed E-state index contributed by atoms with van der Waals surface area (Å²) < 4.78 is 7.55. The van der Waals surface area contributed by atoms with Gasteiger partial charge in [0.1, 0.15) is 12.4 Å². The summed E-state index contributed by atoms with van der Waals surface area (Å²) in [5, 5.41) is 5.14. The first-order valence-electron chi connectivity index (χ1n) is 5.88. The number of aromatic nitrogens is 3. The van der Waals surface area contributed by atoms with Crippen LogP contribution in [0.5, 0.6) is 5.75 Å². The number of nitrogens with zero attached hydrogens (tertiary/aromatic N) is 3. The fraction of sp³-hybridized carbons (Fsp3) is 0.385. The molecule has 0 saturated carbocycles. The summed E-state index contributed by atoms with van der Waals surface area (Å²) in [7, 11) is 1.93. The minimum absolute atomic E-state index is 0.513. The predicted octanol–water partition coefficient (Wildman–Crippen LogP) is 2.85. The molecular weight excluding hydrogens is 294 g/mol. The number of alkyl halides is 1. The topological polar surface area (TPSA) is 39.9 Å². The molecule has 0 aromatic carbocycles. The summed E-state index contributed by atoms with van der Waals surface area (Å²) in [5.41, 5.74) is 3.15. The van der Waals surface area contributed by atoms with E-state index in [0.717, 1.165) is 34.6 Å². The Labute approximate surface area is 115 Å². The molecule has 0 amide bonds. The summed E-state index contributed by atoms with van der Waals surface area (Å²) in [6, 6.07) is 5.95. The maximum Gasteiger partial charge on any atom is 0.138 e. The fourth-order valence-electron chi connectivity index (χ4n) is 1.61. The van der Waals surface area contributed by atoms with Crippen LogP contribution in [0.1, 0.15) is 24.0 Å². The molecule has 2 heterocycles. The van der Waals surface area contributed by atoms with Gasteiger partial charge < -0.3 is 4.74 Å². The van der Waals surface area contributed by atoms with E-state index in [9.17, 15) is 0 Å². The summed E-state index contributed by atoms with van der Waals surface area (Å²) >= 11 is 3.36. The molecule has 0 radical (unpaired) electrons. The second-order valence-electron chi connectivity index (χ2n) is 4.01. The van der Waals surface area contributed by atoms with Crippen LogP contribution >= 0.6 is 15.9 Å². The van der Waals surface area contributed by atoms with E-state index in [1.807, 2.05) is 23.9 Å². The van der Waals surface area contributed by atoms with Gasteiger partial charge >= 0.3 is 0 Å². The zero-order valence-corrected chi connectivity index (χ0v) is 12.1. The SMILES string of the molecule is CCc1cc(COc2ccc(CBr)nc2)n(C)n1. The van der Waals surface area contributed by atoms with Crippen molar-refractivity contribution in [3.63, 3.8) is 0 Å². The summed E-state index contributed by atoms with van der Waals surface area (Å²) in [6.45, 7) is 2.61. The third-order valence-corrected chi connectivity index (χ3v) is 3.29. The van der Waals surface area contributed by atoms with Gasteiger partial charge in [-0.3, -0.25) is 9.67 Å². The Balaban J connectivity index is 1.99. The van der Waals surface area contributed by atoms with Gasteiger partial charge in [-0.1, -0.05) is 22.9 Å². The largest absolute Gasteiger partial charge is 0.486 e. The third-order valence-electron chi connectivity index (χ3n) is 2.71. The van der Waals surface area contributed by atoms with E-state index in [2.05, 4.69) is 39.0 Å². The lowest BCUT2D eigenvalue weighted by Gasteiger charge is -2.06. The van der Waals surface area contributed by atoms with Gasteiger partial charge in [0.25, 0.3) is 0 Å². The number of halogens is 1. The summed E-state index contributed by atoms with van der Waals surface area (Å²) in [5.74, 6) is 0.777. The second kappa shape index (κ2) is 6.00. The van der Waals surface area contributed by atoms with E-state index in [4.69, 9.17) is 4.74 Å². The lowest BCUT2D eigenvalue weighted by Crippen LogP contribution is -2.03. The quantitative estimate of drug-likeness (QED) is 0.797. The molecule has 2 aromatic heterocycles. The number of aryl methyl sites for hydroxylation is 2. The van der Waals surface area contributed by atoms with Gasteiger partial charge in [0.05, 0.1) is 23.3 Å². The van der Waals surface area contributed by atoms with Gasteiger partial charge in [0.2, 0.25) is 0 Å². The Morgan fingerprint density at radius 1 is 1.33 bits per heavy atom. The Morgan fingerprint density at radius 2 is 2.17 bits per heavy atom. The van der Waals surface area contributed by atoms with E-state index in [1.54, 1.807) is 6.20 Å². The first kappa shape index (κ1) is 13.1. The lowest BCUT2D eigenvalue weighted by atomic mass is 10.3. The van der Waals surface area contributed by atoms with Crippen molar-refractivity contribution in [2.45, 2.75) is 25.3 Å². The van der Waals surface area contributed by atoms with E-state index in [0.29, 0.717) is 6.61 Å². The molecule has 5 heteroatoms. The van der Waals surface area contributed by atoms with Crippen molar-refractivity contribution in [3.05, 3.63) is 41.5 Å². The van der Waals surface area contributed by atoms with E-state index in [1.165, 1.54) is 0 Å². The van der Waals surface area contributed by atoms with Crippen molar-refractivity contribution in [2.24, 2.45) is 7.05 Å². The van der Waals surface area contributed by atoms with Crippen LogP contribution in [-0.2, 0) is 25.4 Å². The number of rotatable bonds is 5. The molecular formula is C13H16BrN3O. The highest BCUT2D eigenvalue weighted by atomic mass is 79.9. The monoisotopic (exact) mass is 309 g/mol. The molecule has 0 aliphatic carbocycles. The highest BCUT2D eigenvalue weighted by molar-refractivity contribution is 9.08. The minimum atomic E-state index is 0.513. The molecule has 0 bridgehead atoms. The third kappa shape index (κ3) is 3.10. The van der Waals surface area contributed by atoms with Gasteiger partial charge in [-0.15, -0.1) is 0 Å². The molecule has 0 unspecified atom stereocenters. The van der Waals surface area contributed by atoms with Crippen LogP contribution in [0, 0.1) is 0 Å². The molecule has 96 valence electrons. The maximum absolute atomic E-state index is 5.69. The van der Waals surface area contributed by atoms with Crippen molar-refractivity contribution in [3.8, 4) is 5.75 Å². The highest BCUT2D eigenvalue weighted by Crippen LogP contribution is 2.13. The van der Waals surface area contributed by atoms with Crippen LogP contribution in [0.15, 0.2) is 24.4 Å². The molecule has 0 atom stereocenters. The van der Waals surface area contributed by atoms with Crippen molar-refractivity contribution < 1.29 is 4.74 Å². The second-order valence-corrected chi connectivity index (χ2v) is 4.57. The van der Waals surface area contributed by atoms with Crippen molar-refractivity contribution in [2.75, 3.05) is 0 Å². The van der Waals surface area contributed by atoms with E-state index < -0.39 is 0 Å².